The highest BCUT2D eigenvalue weighted by Gasteiger charge is 2.23. The molecule has 0 bridgehead atoms. The number of rotatable bonds is 5. The molecule has 0 spiro atoms. The van der Waals surface area contributed by atoms with Gasteiger partial charge in [0.15, 0.2) is 0 Å². The number of aliphatic carboxylic acids is 1. The molecule has 0 saturated heterocycles. The van der Waals surface area contributed by atoms with Crippen molar-refractivity contribution < 1.29 is 32.6 Å². The minimum atomic E-state index is -3.41. The van der Waals surface area contributed by atoms with Crippen molar-refractivity contribution in [1.82, 2.24) is 0 Å². The predicted octanol–water partition coefficient (Wildman–Crippen LogP) is 0.955. The summed E-state index contributed by atoms with van der Waals surface area (Å²) in [5, 5.41) is 8.06. The van der Waals surface area contributed by atoms with Crippen LogP contribution in [-0.2, 0) is 14.3 Å². The van der Waals surface area contributed by atoms with Crippen molar-refractivity contribution in [2.45, 2.75) is 25.6 Å². The molecule has 4 nitrogen and oxygen atoms in total. The first-order valence-electron chi connectivity index (χ1n) is 3.27. The molecule has 0 fully saturated rings. The van der Waals surface area contributed by atoms with Crippen LogP contribution in [0.15, 0.2) is 0 Å². The molecule has 0 rings (SSSR count). The molecule has 0 aliphatic rings. The summed E-state index contributed by atoms with van der Waals surface area (Å²) in [6, 6.07) is 0. The Balaban J connectivity index is 3.68. The Morgan fingerprint density at radius 2 is 1.77 bits per heavy atom. The van der Waals surface area contributed by atoms with Gasteiger partial charge in [-0.3, -0.25) is 9.59 Å². The lowest BCUT2D eigenvalue weighted by Crippen LogP contribution is -2.21. The van der Waals surface area contributed by atoms with Gasteiger partial charge in [0.25, 0.3) is 0 Å². The Kier molecular flexibility index (Phi) is 4.86. The molecule has 0 aliphatic carbocycles. The van der Waals surface area contributed by atoms with Gasteiger partial charge in [-0.25, -0.2) is 8.78 Å². The Morgan fingerprint density at radius 3 is 2.15 bits per heavy atom. The summed E-state index contributed by atoms with van der Waals surface area (Å²) >= 11 is 0. The largest absolute Gasteiger partial charge is 0.481 e. The first kappa shape index (κ1) is 11.7. The summed E-state index contributed by atoms with van der Waals surface area (Å²) in [6.07, 6.45) is -7.59. The Morgan fingerprint density at radius 1 is 1.23 bits per heavy atom. The zero-order chi connectivity index (χ0) is 10.4. The maximum absolute atomic E-state index is 12.0. The van der Waals surface area contributed by atoms with E-state index in [2.05, 4.69) is 4.74 Å². The molecule has 76 valence electrons. The number of esters is 1. The minimum Gasteiger partial charge on any atom is -0.481 e. The molecule has 0 heterocycles. The molecule has 0 aromatic heterocycles. The molecule has 0 aliphatic heterocycles. The van der Waals surface area contributed by atoms with E-state index >= 15 is 0 Å². The monoisotopic (exact) mass is 200 g/mol. The number of hydrogen-bond acceptors (Lipinski definition) is 3. The molecular weight excluding hydrogens is 193 g/mol. The van der Waals surface area contributed by atoms with Gasteiger partial charge in [-0.1, -0.05) is 0 Å². The average Bonchev–Trinajstić information content (AvgIpc) is 2.00. The molecule has 1 atom stereocenters. The standard InChI is InChI=1S/C6H7F3O4/c7-5(8)6(9)13-4(12)2-1-3(10)11/h5-6H,1-2H2,(H,10,11). The number of alkyl halides is 3. The van der Waals surface area contributed by atoms with E-state index in [9.17, 15) is 22.8 Å². The van der Waals surface area contributed by atoms with Crippen LogP contribution in [0, 0.1) is 0 Å². The van der Waals surface area contributed by atoms with E-state index in [1.807, 2.05) is 0 Å². The lowest BCUT2D eigenvalue weighted by molar-refractivity contribution is -0.174. The topological polar surface area (TPSA) is 63.6 Å². The van der Waals surface area contributed by atoms with Gasteiger partial charge in [0.2, 0.25) is 0 Å². The van der Waals surface area contributed by atoms with E-state index in [4.69, 9.17) is 5.11 Å². The van der Waals surface area contributed by atoms with Gasteiger partial charge in [-0.15, -0.1) is 0 Å². The van der Waals surface area contributed by atoms with Crippen LogP contribution < -0.4 is 0 Å². The fraction of sp³-hybridized carbons (Fsp3) is 0.667. The highest BCUT2D eigenvalue weighted by atomic mass is 19.3. The van der Waals surface area contributed by atoms with Crippen LogP contribution in [0.4, 0.5) is 13.2 Å². The third-order valence-electron chi connectivity index (χ3n) is 0.985. The normalized spacial score (nSPS) is 12.6. The maximum Gasteiger partial charge on any atom is 0.309 e. The highest BCUT2D eigenvalue weighted by Crippen LogP contribution is 2.08. The molecule has 0 aromatic carbocycles. The third kappa shape index (κ3) is 5.94. The summed E-state index contributed by atoms with van der Waals surface area (Å²) in [6.45, 7) is 0. The van der Waals surface area contributed by atoms with Crippen LogP contribution in [0.3, 0.4) is 0 Å². The van der Waals surface area contributed by atoms with Gasteiger partial charge in [-0.2, -0.15) is 4.39 Å². The van der Waals surface area contributed by atoms with Crippen molar-refractivity contribution in [1.29, 1.82) is 0 Å². The molecule has 7 heteroatoms. The molecule has 1 unspecified atom stereocenters. The molecule has 0 amide bonds. The van der Waals surface area contributed by atoms with Crippen molar-refractivity contribution in [2.75, 3.05) is 0 Å². The number of carbonyl (C=O) groups excluding carboxylic acids is 1. The summed E-state index contributed by atoms with van der Waals surface area (Å²) in [7, 11) is 0. The fourth-order valence-electron chi connectivity index (χ4n) is 0.445. The first-order chi connectivity index (χ1) is 5.93. The van der Waals surface area contributed by atoms with E-state index in [1.165, 1.54) is 0 Å². The van der Waals surface area contributed by atoms with Crippen molar-refractivity contribution in [3.05, 3.63) is 0 Å². The number of hydrogen-bond donors (Lipinski definition) is 1. The molecular formula is C6H7F3O4. The van der Waals surface area contributed by atoms with Crippen LogP contribution in [-0.4, -0.2) is 29.8 Å². The predicted molar refractivity (Wildman–Crippen MR) is 33.9 cm³/mol. The van der Waals surface area contributed by atoms with Crippen LogP contribution in [0.5, 0.6) is 0 Å². The Hall–Kier alpha value is -1.27. The first-order valence-corrected chi connectivity index (χ1v) is 3.27. The van der Waals surface area contributed by atoms with E-state index in [-0.39, 0.29) is 0 Å². The van der Waals surface area contributed by atoms with Crippen LogP contribution in [0.25, 0.3) is 0 Å². The van der Waals surface area contributed by atoms with Crippen LogP contribution >= 0.6 is 0 Å². The second-order valence-electron chi connectivity index (χ2n) is 2.07. The zero-order valence-electron chi connectivity index (χ0n) is 6.37. The zero-order valence-corrected chi connectivity index (χ0v) is 6.37. The van der Waals surface area contributed by atoms with E-state index in [0.717, 1.165) is 0 Å². The van der Waals surface area contributed by atoms with E-state index in [0.29, 0.717) is 0 Å². The van der Waals surface area contributed by atoms with Crippen molar-refractivity contribution >= 4 is 11.9 Å². The summed E-state index contributed by atoms with van der Waals surface area (Å²) in [5.41, 5.74) is 0. The van der Waals surface area contributed by atoms with Gasteiger partial charge < -0.3 is 9.84 Å². The summed E-state index contributed by atoms with van der Waals surface area (Å²) < 4.78 is 38.3. The highest BCUT2D eigenvalue weighted by molar-refractivity contribution is 5.76. The van der Waals surface area contributed by atoms with Crippen molar-refractivity contribution in [3.63, 3.8) is 0 Å². The molecule has 0 radical (unpaired) electrons. The fourth-order valence-corrected chi connectivity index (χ4v) is 0.445. The minimum absolute atomic E-state index is 0.575. The lowest BCUT2D eigenvalue weighted by Gasteiger charge is -2.07. The van der Waals surface area contributed by atoms with Crippen molar-refractivity contribution in [2.24, 2.45) is 0 Å². The van der Waals surface area contributed by atoms with E-state index in [1.54, 1.807) is 0 Å². The number of carboxylic acid groups (broad SMARTS) is 1. The molecule has 1 N–H and O–H groups in total. The number of carbonyl (C=O) groups is 2. The number of ether oxygens (including phenoxy) is 1. The van der Waals surface area contributed by atoms with Gasteiger partial charge in [0.1, 0.15) is 0 Å². The molecule has 13 heavy (non-hydrogen) atoms. The molecule has 0 aromatic rings. The molecule has 0 saturated carbocycles. The quantitative estimate of drug-likeness (QED) is 0.671. The van der Waals surface area contributed by atoms with E-state index < -0.39 is 37.6 Å². The second-order valence-corrected chi connectivity index (χ2v) is 2.07. The second kappa shape index (κ2) is 5.39. The lowest BCUT2D eigenvalue weighted by atomic mass is 10.3. The van der Waals surface area contributed by atoms with Gasteiger partial charge in [-0.05, 0) is 0 Å². The Labute approximate surface area is 71.3 Å². The van der Waals surface area contributed by atoms with Crippen molar-refractivity contribution in [3.8, 4) is 0 Å². The maximum atomic E-state index is 12.0. The summed E-state index contributed by atoms with van der Waals surface area (Å²) in [4.78, 5) is 20.3. The smallest absolute Gasteiger partial charge is 0.309 e. The van der Waals surface area contributed by atoms with Gasteiger partial charge in [0.05, 0.1) is 12.8 Å². The number of halogens is 3. The SMILES string of the molecule is O=C(O)CCC(=O)OC(F)C(F)F. The van der Waals surface area contributed by atoms with Gasteiger partial charge >= 0.3 is 24.7 Å². The average molecular weight is 200 g/mol. The summed E-state index contributed by atoms with van der Waals surface area (Å²) in [5.74, 6) is -2.58. The third-order valence-corrected chi connectivity index (χ3v) is 0.985. The Bertz CT molecular complexity index is 194. The number of carboxylic acids is 1. The van der Waals surface area contributed by atoms with Gasteiger partial charge in [0, 0.05) is 0 Å². The van der Waals surface area contributed by atoms with Crippen LogP contribution in [0.2, 0.25) is 0 Å². The van der Waals surface area contributed by atoms with Crippen LogP contribution in [0.1, 0.15) is 12.8 Å².